The molecule has 0 spiro atoms. The van der Waals surface area contributed by atoms with E-state index in [1.807, 2.05) is 30.3 Å². The van der Waals surface area contributed by atoms with Crippen LogP contribution in [-0.2, 0) is 21.4 Å². The van der Waals surface area contributed by atoms with Crippen LogP contribution in [0, 0.1) is 10.1 Å². The Bertz CT molecular complexity index is 1460. The van der Waals surface area contributed by atoms with Crippen molar-refractivity contribution >= 4 is 21.7 Å². The minimum absolute atomic E-state index is 0.102. The second kappa shape index (κ2) is 10.3. The Kier molecular flexibility index (Phi) is 6.99. The van der Waals surface area contributed by atoms with Crippen molar-refractivity contribution < 1.29 is 22.8 Å². The van der Waals surface area contributed by atoms with Gasteiger partial charge in [-0.2, -0.15) is 4.98 Å². The zero-order valence-corrected chi connectivity index (χ0v) is 19.3. The first-order valence-corrected chi connectivity index (χ1v) is 11.8. The minimum atomic E-state index is -4.24. The monoisotopic (exact) mass is 492 g/mol. The van der Waals surface area contributed by atoms with Crippen molar-refractivity contribution in [3.05, 3.63) is 101 Å². The minimum Gasteiger partial charge on any atom is -0.439 e. The molecule has 35 heavy (non-hydrogen) atoms. The van der Waals surface area contributed by atoms with E-state index in [1.165, 1.54) is 18.2 Å². The fourth-order valence-corrected chi connectivity index (χ4v) is 4.25. The molecular formula is C24H20N4O6S. The molecular weight excluding hydrogens is 472 g/mol. The molecule has 10 nitrogen and oxygen atoms in total. The van der Waals surface area contributed by atoms with Crippen molar-refractivity contribution in [2.24, 2.45) is 0 Å². The quantitative estimate of drug-likeness (QED) is 0.260. The number of methoxy groups -OCH3 is 1. The molecule has 3 aromatic carbocycles. The summed E-state index contributed by atoms with van der Waals surface area (Å²) in [6, 6.07) is 22.5. The molecule has 1 heterocycles. The van der Waals surface area contributed by atoms with Crippen molar-refractivity contribution in [1.29, 1.82) is 0 Å². The molecule has 1 N–H and O–H groups in total. The standard InChI is InChI=1S/C24H20N4O6S/c1-33-16-17-8-5-6-13-21(17)22-15-23(34-19-10-3-2-4-11-19)26-24(25-22)27-35(31,32)20-12-7-9-18(14-20)28(29)30/h2-15H,16H2,1H3,(H,25,26,27). The third-order valence-electron chi connectivity index (χ3n) is 4.83. The Morgan fingerprint density at radius 1 is 0.943 bits per heavy atom. The van der Waals surface area contributed by atoms with E-state index in [1.54, 1.807) is 37.4 Å². The zero-order valence-electron chi connectivity index (χ0n) is 18.5. The van der Waals surface area contributed by atoms with Crippen LogP contribution in [-0.4, -0.2) is 30.4 Å². The van der Waals surface area contributed by atoms with Crippen LogP contribution >= 0.6 is 0 Å². The van der Waals surface area contributed by atoms with Crippen molar-refractivity contribution in [1.82, 2.24) is 9.97 Å². The predicted molar refractivity (Wildman–Crippen MR) is 129 cm³/mol. The van der Waals surface area contributed by atoms with Gasteiger partial charge in [-0.3, -0.25) is 10.1 Å². The van der Waals surface area contributed by atoms with E-state index in [2.05, 4.69) is 14.7 Å². The lowest BCUT2D eigenvalue weighted by atomic mass is 10.1. The van der Waals surface area contributed by atoms with Crippen molar-refractivity contribution in [3.63, 3.8) is 0 Å². The van der Waals surface area contributed by atoms with Gasteiger partial charge in [0.25, 0.3) is 15.7 Å². The molecule has 0 atom stereocenters. The summed E-state index contributed by atoms with van der Waals surface area (Å²) in [6.45, 7) is 0.309. The van der Waals surface area contributed by atoms with E-state index in [0.717, 1.165) is 11.6 Å². The molecule has 0 radical (unpaired) electrons. The molecule has 0 aliphatic heterocycles. The average Bonchev–Trinajstić information content (AvgIpc) is 2.85. The highest BCUT2D eigenvalue weighted by Gasteiger charge is 2.21. The van der Waals surface area contributed by atoms with Crippen molar-refractivity contribution in [2.75, 3.05) is 11.8 Å². The second-order valence-electron chi connectivity index (χ2n) is 7.28. The number of aromatic nitrogens is 2. The van der Waals surface area contributed by atoms with E-state index in [9.17, 15) is 18.5 Å². The van der Waals surface area contributed by atoms with E-state index in [4.69, 9.17) is 9.47 Å². The summed E-state index contributed by atoms with van der Waals surface area (Å²) in [5, 5.41) is 11.1. The average molecular weight is 493 g/mol. The summed E-state index contributed by atoms with van der Waals surface area (Å²) in [4.78, 5) is 18.7. The molecule has 0 amide bonds. The molecule has 4 aromatic rings. The molecule has 0 unspecified atom stereocenters. The highest BCUT2D eigenvalue weighted by molar-refractivity contribution is 7.92. The van der Waals surface area contributed by atoms with Crippen LogP contribution in [0.1, 0.15) is 5.56 Å². The lowest BCUT2D eigenvalue weighted by molar-refractivity contribution is -0.385. The molecule has 0 fully saturated rings. The van der Waals surface area contributed by atoms with Crippen molar-refractivity contribution in [3.8, 4) is 22.9 Å². The first-order valence-electron chi connectivity index (χ1n) is 10.3. The smallest absolute Gasteiger partial charge is 0.270 e. The zero-order chi connectivity index (χ0) is 24.8. The van der Waals surface area contributed by atoms with E-state index in [-0.39, 0.29) is 22.4 Å². The Balaban J connectivity index is 1.77. The van der Waals surface area contributed by atoms with Gasteiger partial charge in [-0.25, -0.2) is 18.1 Å². The Morgan fingerprint density at radius 2 is 1.69 bits per heavy atom. The van der Waals surface area contributed by atoms with E-state index >= 15 is 0 Å². The molecule has 1 aromatic heterocycles. The maximum atomic E-state index is 13.0. The fraction of sp³-hybridized carbons (Fsp3) is 0.0833. The number of benzene rings is 3. The number of nitrogens with one attached hydrogen (secondary N) is 1. The number of rotatable bonds is 9. The number of nitro groups is 1. The molecule has 0 bridgehead atoms. The maximum absolute atomic E-state index is 13.0. The Labute approximate surface area is 201 Å². The number of para-hydroxylation sites is 1. The van der Waals surface area contributed by atoms with Crippen LogP contribution < -0.4 is 9.46 Å². The number of anilines is 1. The normalized spacial score (nSPS) is 11.1. The van der Waals surface area contributed by atoms with Gasteiger partial charge >= 0.3 is 0 Å². The number of hydrogen-bond donors (Lipinski definition) is 1. The summed E-state index contributed by atoms with van der Waals surface area (Å²) < 4.78 is 39.4. The van der Waals surface area contributed by atoms with Crippen LogP contribution in [0.3, 0.4) is 0 Å². The largest absolute Gasteiger partial charge is 0.439 e. The van der Waals surface area contributed by atoms with Crippen LogP contribution in [0.5, 0.6) is 11.6 Å². The lowest BCUT2D eigenvalue weighted by Gasteiger charge is -2.13. The predicted octanol–water partition coefficient (Wildman–Crippen LogP) is 4.79. The summed E-state index contributed by atoms with van der Waals surface area (Å²) in [6.07, 6.45) is 0. The summed E-state index contributed by atoms with van der Waals surface area (Å²) >= 11 is 0. The first kappa shape index (κ1) is 23.8. The van der Waals surface area contributed by atoms with Crippen molar-refractivity contribution in [2.45, 2.75) is 11.5 Å². The van der Waals surface area contributed by atoms with Gasteiger partial charge in [0, 0.05) is 30.9 Å². The number of non-ortho nitro benzene ring substituents is 1. The van der Waals surface area contributed by atoms with Gasteiger partial charge in [-0.1, -0.05) is 48.5 Å². The fourth-order valence-electron chi connectivity index (χ4n) is 3.27. The second-order valence-corrected chi connectivity index (χ2v) is 8.96. The van der Waals surface area contributed by atoms with E-state index < -0.39 is 14.9 Å². The molecule has 0 aliphatic carbocycles. The first-order chi connectivity index (χ1) is 16.9. The molecule has 0 saturated heterocycles. The van der Waals surface area contributed by atoms with Gasteiger partial charge < -0.3 is 9.47 Å². The van der Waals surface area contributed by atoms with Crippen LogP contribution in [0.2, 0.25) is 0 Å². The van der Waals surface area contributed by atoms with Gasteiger partial charge in [0.1, 0.15) is 5.75 Å². The molecule has 4 rings (SSSR count). The number of sulfonamides is 1. The summed E-state index contributed by atoms with van der Waals surface area (Å²) in [5.41, 5.74) is 1.57. The van der Waals surface area contributed by atoms with Gasteiger partial charge in [-0.05, 0) is 23.8 Å². The number of hydrogen-bond acceptors (Lipinski definition) is 8. The molecule has 178 valence electrons. The summed E-state index contributed by atoms with van der Waals surface area (Å²) in [5.74, 6) is 0.340. The highest BCUT2D eigenvalue weighted by atomic mass is 32.2. The molecule has 11 heteroatoms. The summed E-state index contributed by atoms with van der Waals surface area (Å²) in [7, 11) is -2.67. The van der Waals surface area contributed by atoms with Gasteiger partial charge in [0.2, 0.25) is 11.8 Å². The lowest BCUT2D eigenvalue weighted by Crippen LogP contribution is -2.16. The number of nitrogens with zero attached hydrogens (tertiary/aromatic N) is 3. The van der Waals surface area contributed by atoms with Crippen LogP contribution in [0.15, 0.2) is 89.8 Å². The third-order valence-corrected chi connectivity index (χ3v) is 6.15. The maximum Gasteiger partial charge on any atom is 0.270 e. The van der Waals surface area contributed by atoms with Crippen LogP contribution in [0.25, 0.3) is 11.3 Å². The Morgan fingerprint density at radius 3 is 2.43 bits per heavy atom. The number of nitro benzene ring substituents is 1. The topological polar surface area (TPSA) is 134 Å². The van der Waals surface area contributed by atoms with Gasteiger partial charge in [-0.15, -0.1) is 0 Å². The highest BCUT2D eigenvalue weighted by Crippen LogP contribution is 2.29. The Hall–Kier alpha value is -4.35. The SMILES string of the molecule is COCc1ccccc1-c1cc(Oc2ccccc2)nc(NS(=O)(=O)c2cccc([N+](=O)[O-])c2)n1. The van der Waals surface area contributed by atoms with Gasteiger partial charge in [0.05, 0.1) is 22.1 Å². The molecule has 0 saturated carbocycles. The van der Waals surface area contributed by atoms with Crippen LogP contribution in [0.4, 0.5) is 11.6 Å². The van der Waals surface area contributed by atoms with E-state index in [0.29, 0.717) is 23.6 Å². The van der Waals surface area contributed by atoms with Gasteiger partial charge in [0.15, 0.2) is 0 Å². The molecule has 0 aliphatic rings. The third kappa shape index (κ3) is 5.78. The number of ether oxygens (including phenoxy) is 2.